The average Bonchev–Trinajstić information content (AvgIpc) is 3.35. The minimum atomic E-state index is -2.74. The molecule has 3 aliphatic rings. The minimum absolute atomic E-state index is 0.00490. The second kappa shape index (κ2) is 11.3. The van der Waals surface area contributed by atoms with Gasteiger partial charge < -0.3 is 13.7 Å². The van der Waals surface area contributed by atoms with Crippen LogP contribution in [0.1, 0.15) is 95.2 Å². The lowest BCUT2D eigenvalue weighted by molar-refractivity contribution is 0.0751. The van der Waals surface area contributed by atoms with Gasteiger partial charge in [-0.15, -0.1) is 0 Å². The number of fused-ring (bicyclic) bond motifs is 2. The lowest BCUT2D eigenvalue weighted by Crippen LogP contribution is -2.68. The Hall–Kier alpha value is -2.96. The van der Waals surface area contributed by atoms with E-state index < -0.39 is 13.9 Å². The van der Waals surface area contributed by atoms with Crippen molar-refractivity contribution in [2.24, 2.45) is 5.92 Å². The second-order valence-electron chi connectivity index (χ2n) is 13.7. The van der Waals surface area contributed by atoms with Gasteiger partial charge in [0.15, 0.2) is 5.78 Å². The number of ketones is 1. The normalized spacial score (nSPS) is 23.8. The van der Waals surface area contributed by atoms with E-state index in [0.29, 0.717) is 18.8 Å². The fraction of sp³-hybridized carbons (Fsp3) is 0.500. The number of unbranched alkanes of at least 4 members (excludes halogenated alkanes) is 1. The van der Waals surface area contributed by atoms with E-state index >= 15 is 0 Å². The minimum Gasteiger partial charge on any atom is -0.427 e. The van der Waals surface area contributed by atoms with Crippen LogP contribution in [0.5, 0.6) is 0 Å². The van der Waals surface area contributed by atoms with Crippen molar-refractivity contribution in [3.05, 3.63) is 88.5 Å². The molecule has 6 heteroatoms. The van der Waals surface area contributed by atoms with E-state index in [0.717, 1.165) is 57.1 Å². The highest BCUT2D eigenvalue weighted by Gasteiger charge is 2.59. The van der Waals surface area contributed by atoms with E-state index in [9.17, 15) is 9.59 Å². The van der Waals surface area contributed by atoms with Gasteiger partial charge >= 0.3 is 5.63 Å². The topological polar surface area (TPSA) is 59.8 Å². The summed E-state index contributed by atoms with van der Waals surface area (Å²) in [5.41, 5.74) is 0.378. The highest BCUT2D eigenvalue weighted by molar-refractivity contribution is 6.99. The highest BCUT2D eigenvalue weighted by atomic mass is 28.4. The molecule has 1 spiro atoms. The molecule has 2 aromatic carbocycles. The van der Waals surface area contributed by atoms with Crippen LogP contribution in [0, 0.1) is 5.92 Å². The molecule has 3 heterocycles. The largest absolute Gasteiger partial charge is 0.427 e. The second-order valence-corrected chi connectivity index (χ2v) is 18.0. The summed E-state index contributed by atoms with van der Waals surface area (Å²) in [6.45, 7) is 9.63. The van der Waals surface area contributed by atoms with Crippen LogP contribution in [-0.4, -0.2) is 32.3 Å². The quantitative estimate of drug-likeness (QED) is 0.278. The summed E-state index contributed by atoms with van der Waals surface area (Å²) in [6, 6.07) is 23.7. The van der Waals surface area contributed by atoms with Gasteiger partial charge in [-0.25, -0.2) is 4.79 Å². The first-order valence-corrected chi connectivity index (χ1v) is 17.9. The molecule has 6 rings (SSSR count). The van der Waals surface area contributed by atoms with Gasteiger partial charge in [0.05, 0.1) is 23.9 Å². The van der Waals surface area contributed by atoms with E-state index in [-0.39, 0.29) is 33.9 Å². The number of Topliss-reactive ketones (excluding diaryl/α,β-unsaturated/α-hetero) is 1. The van der Waals surface area contributed by atoms with Gasteiger partial charge in [-0.3, -0.25) is 4.79 Å². The summed E-state index contributed by atoms with van der Waals surface area (Å²) in [7, 11) is -2.74. The van der Waals surface area contributed by atoms with Gasteiger partial charge in [-0.1, -0.05) is 108 Å². The zero-order chi connectivity index (χ0) is 29.5. The molecule has 3 unspecified atom stereocenters. The van der Waals surface area contributed by atoms with Crippen molar-refractivity contribution in [3.63, 3.8) is 0 Å². The summed E-state index contributed by atoms with van der Waals surface area (Å²) < 4.78 is 13.2. The van der Waals surface area contributed by atoms with Gasteiger partial charge in [0.2, 0.25) is 0 Å². The summed E-state index contributed by atoms with van der Waals surface area (Å²) in [5.74, 6) is 0.544. The van der Waals surface area contributed by atoms with Crippen molar-refractivity contribution in [2.45, 2.75) is 102 Å². The van der Waals surface area contributed by atoms with Crippen LogP contribution in [0.2, 0.25) is 5.04 Å². The number of carbonyl (C=O) groups excluding carboxylic acids is 1. The molecule has 1 saturated carbocycles. The van der Waals surface area contributed by atoms with Crippen LogP contribution in [0.25, 0.3) is 0 Å². The Morgan fingerprint density at radius 3 is 2.24 bits per heavy atom. The Morgan fingerprint density at radius 2 is 1.62 bits per heavy atom. The molecule has 1 saturated heterocycles. The standard InChI is InChI=1S/C36H45NO4Si/c1-5-6-15-27-24-31-32(34(39)41-27)33(38)30-20-13-14-22-36(30)23-21-26(37(31)36)25-40-42(35(2,3)4,28-16-9-7-10-17-28)29-18-11-8-12-19-29/h7-12,16-19,24,26,30H,5-6,13-15,20-23,25H2,1-4H3. The molecule has 0 bridgehead atoms. The van der Waals surface area contributed by atoms with Crippen LogP contribution in [0.4, 0.5) is 5.69 Å². The number of anilines is 1. The number of carbonyl (C=O) groups is 1. The van der Waals surface area contributed by atoms with Crippen molar-refractivity contribution < 1.29 is 13.6 Å². The highest BCUT2D eigenvalue weighted by Crippen LogP contribution is 2.54. The predicted octanol–water partition coefficient (Wildman–Crippen LogP) is 6.65. The Bertz CT molecular complexity index is 1440. The van der Waals surface area contributed by atoms with Crippen molar-refractivity contribution in [3.8, 4) is 0 Å². The Kier molecular flexibility index (Phi) is 7.82. The van der Waals surface area contributed by atoms with Crippen molar-refractivity contribution >= 4 is 30.2 Å². The lowest BCUT2D eigenvalue weighted by atomic mass is 9.66. The third kappa shape index (κ3) is 4.62. The van der Waals surface area contributed by atoms with Crippen LogP contribution in [0.15, 0.2) is 75.9 Å². The van der Waals surface area contributed by atoms with E-state index in [1.165, 1.54) is 10.4 Å². The Balaban J connectivity index is 1.45. The summed E-state index contributed by atoms with van der Waals surface area (Å²) in [5, 5.41) is 2.41. The molecule has 5 nitrogen and oxygen atoms in total. The summed E-state index contributed by atoms with van der Waals surface area (Å²) in [6.07, 6.45) is 8.56. The maximum Gasteiger partial charge on any atom is 0.349 e. The van der Waals surface area contributed by atoms with E-state index in [1.807, 2.05) is 6.07 Å². The van der Waals surface area contributed by atoms with Crippen LogP contribution in [0.3, 0.4) is 0 Å². The number of aryl methyl sites for hydroxylation is 1. The molecular weight excluding hydrogens is 538 g/mol. The molecule has 1 aromatic heterocycles. The maximum absolute atomic E-state index is 13.9. The van der Waals surface area contributed by atoms with E-state index in [1.54, 1.807) is 0 Å². The smallest absolute Gasteiger partial charge is 0.349 e. The van der Waals surface area contributed by atoms with Gasteiger partial charge in [0.25, 0.3) is 8.32 Å². The molecule has 0 amide bonds. The molecule has 0 N–H and O–H groups in total. The third-order valence-corrected chi connectivity index (χ3v) is 15.3. The first-order chi connectivity index (χ1) is 20.2. The monoisotopic (exact) mass is 583 g/mol. The molecule has 3 aromatic rings. The molecule has 2 aliphatic heterocycles. The van der Waals surface area contributed by atoms with Crippen LogP contribution in [-0.2, 0) is 10.8 Å². The molecule has 0 radical (unpaired) electrons. The van der Waals surface area contributed by atoms with E-state index in [4.69, 9.17) is 8.84 Å². The average molecular weight is 584 g/mol. The molecule has 42 heavy (non-hydrogen) atoms. The predicted molar refractivity (Wildman–Crippen MR) is 172 cm³/mol. The number of rotatable bonds is 8. The zero-order valence-corrected chi connectivity index (χ0v) is 26.7. The van der Waals surface area contributed by atoms with Crippen molar-refractivity contribution in [1.82, 2.24) is 0 Å². The Morgan fingerprint density at radius 1 is 0.952 bits per heavy atom. The van der Waals surface area contributed by atoms with Gasteiger partial charge in [-0.2, -0.15) is 0 Å². The Labute approximate surface area is 251 Å². The molecule has 2 fully saturated rings. The zero-order valence-electron chi connectivity index (χ0n) is 25.7. The molecule has 222 valence electrons. The number of hydrogen-bond donors (Lipinski definition) is 0. The van der Waals surface area contributed by atoms with Crippen LogP contribution < -0.4 is 20.9 Å². The first kappa shape index (κ1) is 29.1. The van der Waals surface area contributed by atoms with E-state index in [2.05, 4.69) is 93.3 Å². The van der Waals surface area contributed by atoms with Crippen molar-refractivity contribution in [2.75, 3.05) is 11.5 Å². The van der Waals surface area contributed by atoms with Gasteiger partial charge in [-0.05, 0) is 47.5 Å². The SMILES string of the molecule is CCCCc1cc2c(c(=O)o1)C(=O)C1CCCCC13CCC(CO[Si](c1ccccc1)(c1ccccc1)C(C)(C)C)N23. The fourth-order valence-electron chi connectivity index (χ4n) is 8.39. The summed E-state index contributed by atoms with van der Waals surface area (Å²) >= 11 is 0. The maximum atomic E-state index is 13.9. The van der Waals surface area contributed by atoms with Crippen molar-refractivity contribution in [1.29, 1.82) is 0 Å². The fourth-order valence-corrected chi connectivity index (χ4v) is 13.0. The summed E-state index contributed by atoms with van der Waals surface area (Å²) in [4.78, 5) is 29.9. The molecule has 3 atom stereocenters. The lowest BCUT2D eigenvalue weighted by Gasteiger charge is -2.53. The number of benzene rings is 2. The first-order valence-electron chi connectivity index (χ1n) is 16.0. The number of nitrogens with zero attached hydrogens (tertiary/aromatic N) is 1. The number of hydrogen-bond acceptors (Lipinski definition) is 5. The third-order valence-electron chi connectivity index (χ3n) is 10.2. The molecule has 1 aliphatic carbocycles. The van der Waals surface area contributed by atoms with Gasteiger partial charge in [0, 0.05) is 18.4 Å². The van der Waals surface area contributed by atoms with Crippen LogP contribution >= 0.6 is 0 Å². The van der Waals surface area contributed by atoms with Gasteiger partial charge in [0.1, 0.15) is 11.3 Å². The molecular formula is C36H45NO4Si.